The SMILES string of the molecule is Cn1cc(CNS(=O)(=O)Cc2ccc(C(N)=S)cc2)cn1. The number of benzene rings is 1. The highest BCUT2D eigenvalue weighted by Crippen LogP contribution is 2.08. The van der Waals surface area contributed by atoms with E-state index in [1.165, 1.54) is 0 Å². The molecule has 8 heteroatoms. The Morgan fingerprint density at radius 1 is 1.33 bits per heavy atom. The van der Waals surface area contributed by atoms with Gasteiger partial charge in [-0.2, -0.15) is 5.10 Å². The fourth-order valence-corrected chi connectivity index (χ4v) is 3.05. The normalized spacial score (nSPS) is 11.5. The third kappa shape index (κ3) is 4.62. The van der Waals surface area contributed by atoms with E-state index in [1.54, 1.807) is 48.4 Å². The molecule has 0 saturated heterocycles. The van der Waals surface area contributed by atoms with E-state index in [2.05, 4.69) is 9.82 Å². The number of nitrogens with zero attached hydrogens (tertiary/aromatic N) is 2. The van der Waals surface area contributed by atoms with Gasteiger partial charge in [-0.25, -0.2) is 13.1 Å². The number of aryl methyl sites for hydroxylation is 1. The molecule has 6 nitrogen and oxygen atoms in total. The third-order valence-electron chi connectivity index (χ3n) is 2.85. The summed E-state index contributed by atoms with van der Waals surface area (Å²) in [5.41, 5.74) is 7.70. The molecule has 0 atom stereocenters. The van der Waals surface area contributed by atoms with E-state index in [0.717, 1.165) is 11.1 Å². The number of sulfonamides is 1. The van der Waals surface area contributed by atoms with Crippen LogP contribution in [-0.4, -0.2) is 23.2 Å². The molecule has 112 valence electrons. The van der Waals surface area contributed by atoms with Gasteiger partial charge in [0, 0.05) is 30.9 Å². The van der Waals surface area contributed by atoms with Gasteiger partial charge in [0.2, 0.25) is 10.0 Å². The van der Waals surface area contributed by atoms with E-state index in [1.807, 2.05) is 0 Å². The number of aromatic nitrogens is 2. The van der Waals surface area contributed by atoms with Crippen LogP contribution in [0.5, 0.6) is 0 Å². The van der Waals surface area contributed by atoms with Crippen molar-refractivity contribution in [1.29, 1.82) is 0 Å². The fourth-order valence-electron chi connectivity index (χ4n) is 1.79. The molecule has 2 rings (SSSR count). The molecule has 0 bridgehead atoms. The maximum absolute atomic E-state index is 12.0. The zero-order chi connectivity index (χ0) is 15.5. The zero-order valence-electron chi connectivity index (χ0n) is 11.5. The summed E-state index contributed by atoms with van der Waals surface area (Å²) in [6, 6.07) is 6.85. The summed E-state index contributed by atoms with van der Waals surface area (Å²) in [5, 5.41) is 3.99. The summed E-state index contributed by atoms with van der Waals surface area (Å²) in [5.74, 6) is -0.0924. The van der Waals surface area contributed by atoms with Crippen molar-refractivity contribution in [3.05, 3.63) is 53.3 Å². The van der Waals surface area contributed by atoms with Crippen LogP contribution in [0.3, 0.4) is 0 Å². The first kappa shape index (κ1) is 15.6. The van der Waals surface area contributed by atoms with Crippen LogP contribution in [0.15, 0.2) is 36.7 Å². The Balaban J connectivity index is 1.98. The maximum atomic E-state index is 12.0. The molecule has 0 fully saturated rings. The number of hydrogen-bond acceptors (Lipinski definition) is 4. The molecule has 0 saturated carbocycles. The predicted octanol–water partition coefficient (Wildman–Crippen LogP) is 0.674. The number of hydrogen-bond donors (Lipinski definition) is 2. The summed E-state index contributed by atoms with van der Waals surface area (Å²) in [6.45, 7) is 0.223. The van der Waals surface area contributed by atoms with Gasteiger partial charge in [-0.15, -0.1) is 0 Å². The molecule has 0 amide bonds. The smallest absolute Gasteiger partial charge is 0.216 e. The summed E-state index contributed by atoms with van der Waals surface area (Å²) < 4.78 is 28.2. The minimum atomic E-state index is -3.41. The van der Waals surface area contributed by atoms with Gasteiger partial charge < -0.3 is 5.73 Å². The molecule has 21 heavy (non-hydrogen) atoms. The molecule has 0 aliphatic heterocycles. The highest BCUT2D eigenvalue weighted by molar-refractivity contribution is 7.88. The zero-order valence-corrected chi connectivity index (χ0v) is 13.1. The molecular weight excluding hydrogens is 308 g/mol. The van der Waals surface area contributed by atoms with Crippen molar-refractivity contribution in [3.8, 4) is 0 Å². The van der Waals surface area contributed by atoms with Crippen molar-refractivity contribution in [2.24, 2.45) is 12.8 Å². The van der Waals surface area contributed by atoms with Crippen LogP contribution in [0.2, 0.25) is 0 Å². The standard InChI is InChI=1S/C13H16N4O2S2/c1-17-8-11(6-15-17)7-16-21(18,19)9-10-2-4-12(5-3-10)13(14)20/h2-6,8,16H,7,9H2,1H3,(H2,14,20). The Morgan fingerprint density at radius 3 is 2.52 bits per heavy atom. The van der Waals surface area contributed by atoms with Gasteiger partial charge in [0.1, 0.15) is 4.99 Å². The van der Waals surface area contributed by atoms with E-state index < -0.39 is 10.0 Å². The van der Waals surface area contributed by atoms with Crippen molar-refractivity contribution in [2.75, 3.05) is 0 Å². The first-order chi connectivity index (χ1) is 9.85. The highest BCUT2D eigenvalue weighted by atomic mass is 32.2. The fraction of sp³-hybridized carbons (Fsp3) is 0.231. The average molecular weight is 324 g/mol. The third-order valence-corrected chi connectivity index (χ3v) is 4.38. The summed E-state index contributed by atoms with van der Waals surface area (Å²) in [4.78, 5) is 0.291. The predicted molar refractivity (Wildman–Crippen MR) is 85.0 cm³/mol. The maximum Gasteiger partial charge on any atom is 0.216 e. The lowest BCUT2D eigenvalue weighted by atomic mass is 10.1. The Hall–Kier alpha value is -1.77. The number of nitrogens with one attached hydrogen (secondary N) is 1. The molecule has 1 aromatic heterocycles. The van der Waals surface area contributed by atoms with E-state index >= 15 is 0 Å². The van der Waals surface area contributed by atoms with Crippen molar-refractivity contribution < 1.29 is 8.42 Å². The monoisotopic (exact) mass is 324 g/mol. The van der Waals surface area contributed by atoms with E-state index in [-0.39, 0.29) is 12.3 Å². The van der Waals surface area contributed by atoms with Crippen LogP contribution in [0.1, 0.15) is 16.7 Å². The van der Waals surface area contributed by atoms with E-state index in [0.29, 0.717) is 10.6 Å². The van der Waals surface area contributed by atoms with Crippen LogP contribution >= 0.6 is 12.2 Å². The summed E-state index contributed by atoms with van der Waals surface area (Å²) >= 11 is 4.85. The molecule has 0 aliphatic rings. The van der Waals surface area contributed by atoms with Gasteiger partial charge in [0.15, 0.2) is 0 Å². The second-order valence-corrected chi connectivity index (χ2v) is 6.91. The number of nitrogens with two attached hydrogens (primary N) is 1. The Kier molecular flexibility index (Phi) is 4.71. The van der Waals surface area contributed by atoms with Crippen LogP contribution < -0.4 is 10.5 Å². The summed E-state index contributed by atoms with van der Waals surface area (Å²) in [7, 11) is -1.63. The highest BCUT2D eigenvalue weighted by Gasteiger charge is 2.12. The van der Waals surface area contributed by atoms with Crippen LogP contribution in [0.25, 0.3) is 0 Å². The van der Waals surface area contributed by atoms with Crippen molar-refractivity contribution in [1.82, 2.24) is 14.5 Å². The van der Waals surface area contributed by atoms with Crippen LogP contribution in [-0.2, 0) is 29.4 Å². The Morgan fingerprint density at radius 2 is 2.00 bits per heavy atom. The van der Waals surface area contributed by atoms with Crippen LogP contribution in [0.4, 0.5) is 0 Å². The van der Waals surface area contributed by atoms with Crippen molar-refractivity contribution in [3.63, 3.8) is 0 Å². The second kappa shape index (κ2) is 6.33. The Bertz CT molecular complexity index is 736. The lowest BCUT2D eigenvalue weighted by molar-refractivity contribution is 0.580. The van der Waals surface area contributed by atoms with E-state index in [4.69, 9.17) is 18.0 Å². The first-order valence-corrected chi connectivity index (χ1v) is 8.25. The van der Waals surface area contributed by atoms with Gasteiger partial charge in [0.25, 0.3) is 0 Å². The van der Waals surface area contributed by atoms with Crippen molar-refractivity contribution >= 4 is 27.2 Å². The molecule has 1 aromatic carbocycles. The second-order valence-electron chi connectivity index (χ2n) is 4.66. The molecule has 0 radical (unpaired) electrons. The van der Waals surface area contributed by atoms with Gasteiger partial charge in [-0.05, 0) is 5.56 Å². The first-order valence-electron chi connectivity index (χ1n) is 6.19. The minimum Gasteiger partial charge on any atom is -0.389 e. The molecule has 3 N–H and O–H groups in total. The molecule has 2 aromatic rings. The van der Waals surface area contributed by atoms with Gasteiger partial charge in [-0.1, -0.05) is 36.5 Å². The van der Waals surface area contributed by atoms with Crippen LogP contribution in [0, 0.1) is 0 Å². The number of rotatable bonds is 6. The Labute approximate surface area is 129 Å². The topological polar surface area (TPSA) is 90.0 Å². The van der Waals surface area contributed by atoms with Gasteiger partial charge in [-0.3, -0.25) is 4.68 Å². The lowest BCUT2D eigenvalue weighted by Crippen LogP contribution is -2.24. The summed E-state index contributed by atoms with van der Waals surface area (Å²) in [6.07, 6.45) is 3.39. The van der Waals surface area contributed by atoms with Crippen molar-refractivity contribution in [2.45, 2.75) is 12.3 Å². The van der Waals surface area contributed by atoms with Gasteiger partial charge >= 0.3 is 0 Å². The molecule has 0 aliphatic carbocycles. The molecular formula is C13H16N4O2S2. The molecule has 0 spiro atoms. The number of thiocarbonyl (C=S) groups is 1. The van der Waals surface area contributed by atoms with Gasteiger partial charge in [0.05, 0.1) is 11.9 Å². The molecule has 0 unspecified atom stereocenters. The largest absolute Gasteiger partial charge is 0.389 e. The lowest BCUT2D eigenvalue weighted by Gasteiger charge is -2.06. The minimum absolute atomic E-state index is 0.0924. The quantitative estimate of drug-likeness (QED) is 0.763. The van der Waals surface area contributed by atoms with E-state index in [9.17, 15) is 8.42 Å². The average Bonchev–Trinajstić information content (AvgIpc) is 2.83. The molecule has 1 heterocycles.